The molecule has 172 valence electrons. The fourth-order valence-electron chi connectivity index (χ4n) is 3.62. The van der Waals surface area contributed by atoms with E-state index in [0.29, 0.717) is 18.5 Å². The van der Waals surface area contributed by atoms with Gasteiger partial charge in [0, 0.05) is 24.3 Å². The Morgan fingerprint density at radius 3 is 2.53 bits per heavy atom. The highest BCUT2D eigenvalue weighted by Crippen LogP contribution is 2.27. The van der Waals surface area contributed by atoms with Crippen LogP contribution in [-0.4, -0.2) is 44.3 Å². The molecule has 1 aliphatic rings. The lowest BCUT2D eigenvalue weighted by Crippen LogP contribution is -2.43. The van der Waals surface area contributed by atoms with Crippen LogP contribution in [0.5, 0.6) is 0 Å². The summed E-state index contributed by atoms with van der Waals surface area (Å²) in [6.07, 6.45) is 1.83. The first-order valence-corrected chi connectivity index (χ1v) is 12.1. The summed E-state index contributed by atoms with van der Waals surface area (Å²) in [4.78, 5) is 24.1. The SMILES string of the molecule is CCOC(=O)[C@H]1CCCN(S(=O)(=O)c2cc(C(=O)Nc3ccc(CC)cc3)ccc2F)C1. The maximum Gasteiger partial charge on any atom is 0.310 e. The second-order valence-electron chi connectivity index (χ2n) is 7.60. The summed E-state index contributed by atoms with van der Waals surface area (Å²) in [7, 11) is -4.24. The largest absolute Gasteiger partial charge is 0.466 e. The number of carbonyl (C=O) groups excluding carboxylic acids is 2. The number of hydrogen-bond acceptors (Lipinski definition) is 5. The number of hydrogen-bond donors (Lipinski definition) is 1. The van der Waals surface area contributed by atoms with Gasteiger partial charge in [-0.3, -0.25) is 9.59 Å². The minimum absolute atomic E-state index is 0.0171. The van der Waals surface area contributed by atoms with Crippen molar-refractivity contribution in [2.75, 3.05) is 25.0 Å². The van der Waals surface area contributed by atoms with E-state index in [1.807, 2.05) is 19.1 Å². The Hall–Kier alpha value is -2.78. The maximum atomic E-state index is 14.5. The predicted molar refractivity (Wildman–Crippen MR) is 118 cm³/mol. The highest BCUT2D eigenvalue weighted by atomic mass is 32.2. The molecule has 3 rings (SSSR count). The molecule has 1 N–H and O–H groups in total. The molecular formula is C23H27FN2O5S. The van der Waals surface area contributed by atoms with Gasteiger partial charge in [-0.1, -0.05) is 19.1 Å². The first-order chi connectivity index (χ1) is 15.3. The summed E-state index contributed by atoms with van der Waals surface area (Å²) in [5.41, 5.74) is 1.68. The van der Waals surface area contributed by atoms with Gasteiger partial charge < -0.3 is 10.1 Å². The van der Waals surface area contributed by atoms with E-state index in [1.165, 1.54) is 6.07 Å². The van der Waals surface area contributed by atoms with Gasteiger partial charge in [-0.15, -0.1) is 0 Å². The molecule has 2 aromatic carbocycles. The van der Waals surface area contributed by atoms with Crippen LogP contribution in [0.25, 0.3) is 0 Å². The Balaban J connectivity index is 1.81. The maximum absolute atomic E-state index is 14.5. The molecule has 32 heavy (non-hydrogen) atoms. The van der Waals surface area contributed by atoms with Crippen LogP contribution in [0.4, 0.5) is 10.1 Å². The van der Waals surface area contributed by atoms with Crippen LogP contribution in [0.1, 0.15) is 42.6 Å². The van der Waals surface area contributed by atoms with Gasteiger partial charge in [-0.05, 0) is 62.1 Å². The van der Waals surface area contributed by atoms with Gasteiger partial charge in [-0.2, -0.15) is 4.31 Å². The third-order valence-electron chi connectivity index (χ3n) is 5.44. The zero-order valence-electron chi connectivity index (χ0n) is 18.1. The van der Waals surface area contributed by atoms with Crippen molar-refractivity contribution in [3.05, 3.63) is 59.4 Å². The molecule has 0 aromatic heterocycles. The molecule has 1 heterocycles. The summed E-state index contributed by atoms with van der Waals surface area (Å²) >= 11 is 0. The Morgan fingerprint density at radius 1 is 1.16 bits per heavy atom. The number of halogens is 1. The number of benzene rings is 2. The normalized spacial score (nSPS) is 17.0. The monoisotopic (exact) mass is 462 g/mol. The summed E-state index contributed by atoms with van der Waals surface area (Å²) in [6.45, 7) is 3.98. The molecule has 9 heteroatoms. The van der Waals surface area contributed by atoms with Gasteiger partial charge in [0.15, 0.2) is 0 Å². The van der Waals surface area contributed by atoms with Gasteiger partial charge >= 0.3 is 5.97 Å². The van der Waals surface area contributed by atoms with Gasteiger partial charge in [-0.25, -0.2) is 12.8 Å². The molecule has 0 bridgehead atoms. The highest BCUT2D eigenvalue weighted by molar-refractivity contribution is 7.89. The van der Waals surface area contributed by atoms with Crippen molar-refractivity contribution in [3.63, 3.8) is 0 Å². The van der Waals surface area contributed by atoms with E-state index in [9.17, 15) is 22.4 Å². The fourth-order valence-corrected chi connectivity index (χ4v) is 5.24. The van der Waals surface area contributed by atoms with Crippen LogP contribution in [0.15, 0.2) is 47.4 Å². The van der Waals surface area contributed by atoms with Gasteiger partial charge in [0.1, 0.15) is 10.7 Å². The minimum Gasteiger partial charge on any atom is -0.466 e. The fraction of sp³-hybridized carbons (Fsp3) is 0.391. The van der Waals surface area contributed by atoms with Crippen molar-refractivity contribution >= 4 is 27.6 Å². The number of sulfonamides is 1. The first kappa shape index (κ1) is 23.9. The number of nitrogens with one attached hydrogen (secondary N) is 1. The molecule has 2 aromatic rings. The van der Waals surface area contributed by atoms with Crippen LogP contribution in [-0.2, 0) is 26.0 Å². The zero-order chi connectivity index (χ0) is 23.3. The lowest BCUT2D eigenvalue weighted by molar-refractivity contribution is -0.149. The van der Waals surface area contributed by atoms with Gasteiger partial charge in [0.25, 0.3) is 5.91 Å². The van der Waals surface area contributed by atoms with Crippen molar-refractivity contribution in [2.45, 2.75) is 38.0 Å². The summed E-state index contributed by atoms with van der Waals surface area (Å²) in [6, 6.07) is 10.5. The molecule has 7 nitrogen and oxygen atoms in total. The minimum atomic E-state index is -4.24. The molecule has 0 aliphatic carbocycles. The van der Waals surface area contributed by atoms with E-state index in [0.717, 1.165) is 28.4 Å². The van der Waals surface area contributed by atoms with Gasteiger partial charge in [0.05, 0.1) is 12.5 Å². The molecular weight excluding hydrogens is 435 g/mol. The summed E-state index contributed by atoms with van der Waals surface area (Å²) in [5.74, 6) is -2.56. The number of amides is 1. The molecule has 0 radical (unpaired) electrons. The molecule has 1 aliphatic heterocycles. The van der Waals surface area contributed by atoms with E-state index in [4.69, 9.17) is 4.74 Å². The lowest BCUT2D eigenvalue weighted by atomic mass is 10.0. The van der Waals surface area contributed by atoms with E-state index in [-0.39, 0.29) is 25.3 Å². The van der Waals surface area contributed by atoms with Gasteiger partial charge in [0.2, 0.25) is 10.0 Å². The van der Waals surface area contributed by atoms with E-state index < -0.39 is 38.5 Å². The second-order valence-corrected chi connectivity index (χ2v) is 9.51. The van der Waals surface area contributed by atoms with E-state index in [2.05, 4.69) is 5.32 Å². The number of nitrogens with zero attached hydrogens (tertiary/aromatic N) is 1. The average molecular weight is 463 g/mol. The Kier molecular flexibility index (Phi) is 7.63. The van der Waals surface area contributed by atoms with Crippen LogP contribution >= 0.6 is 0 Å². The molecule has 1 fully saturated rings. The number of rotatable bonds is 7. The number of ether oxygens (including phenoxy) is 1. The standard InChI is InChI=1S/C23H27FN2O5S/c1-3-16-7-10-19(11-8-16)25-22(27)17-9-12-20(24)21(14-17)32(29,30)26-13-5-6-18(15-26)23(28)31-4-2/h7-12,14,18H,3-6,13,15H2,1-2H3,(H,25,27)/t18-/m0/s1. The van der Waals surface area contributed by atoms with Crippen LogP contribution in [0.2, 0.25) is 0 Å². The zero-order valence-corrected chi connectivity index (χ0v) is 19.0. The van der Waals surface area contributed by atoms with Crippen molar-refractivity contribution < 1.29 is 27.1 Å². The van der Waals surface area contributed by atoms with Crippen LogP contribution in [0.3, 0.4) is 0 Å². The third-order valence-corrected chi connectivity index (χ3v) is 7.32. The Labute approximate surface area is 187 Å². The Bertz CT molecular complexity index is 1090. The molecule has 0 saturated carbocycles. The topological polar surface area (TPSA) is 92.8 Å². The quantitative estimate of drug-likeness (QED) is 0.635. The number of anilines is 1. The number of piperidine rings is 1. The highest BCUT2D eigenvalue weighted by Gasteiger charge is 2.35. The number of aryl methyl sites for hydroxylation is 1. The molecule has 1 atom stereocenters. The smallest absolute Gasteiger partial charge is 0.310 e. The average Bonchev–Trinajstić information content (AvgIpc) is 2.80. The Morgan fingerprint density at radius 2 is 1.88 bits per heavy atom. The van der Waals surface area contributed by atoms with Crippen molar-refractivity contribution in [1.29, 1.82) is 0 Å². The van der Waals surface area contributed by atoms with Crippen molar-refractivity contribution in [2.24, 2.45) is 5.92 Å². The van der Waals surface area contributed by atoms with Crippen molar-refractivity contribution in [1.82, 2.24) is 4.31 Å². The van der Waals surface area contributed by atoms with Crippen LogP contribution in [0, 0.1) is 11.7 Å². The van der Waals surface area contributed by atoms with E-state index >= 15 is 0 Å². The number of carbonyl (C=O) groups is 2. The molecule has 0 unspecified atom stereocenters. The summed E-state index contributed by atoms with van der Waals surface area (Å²) in [5, 5.41) is 2.69. The number of esters is 1. The van der Waals surface area contributed by atoms with E-state index in [1.54, 1.807) is 19.1 Å². The predicted octanol–water partition coefficient (Wildman–Crippen LogP) is 3.60. The van der Waals surface area contributed by atoms with Crippen LogP contribution < -0.4 is 5.32 Å². The van der Waals surface area contributed by atoms with Crippen molar-refractivity contribution in [3.8, 4) is 0 Å². The molecule has 0 spiro atoms. The summed E-state index contributed by atoms with van der Waals surface area (Å²) < 4.78 is 46.9. The second kappa shape index (κ2) is 10.2. The third kappa shape index (κ3) is 5.34. The molecule has 1 saturated heterocycles. The first-order valence-electron chi connectivity index (χ1n) is 10.6. The molecule has 1 amide bonds. The lowest BCUT2D eigenvalue weighted by Gasteiger charge is -2.30.